The predicted molar refractivity (Wildman–Crippen MR) is 118 cm³/mol. The quantitative estimate of drug-likeness (QED) is 0.463. The van der Waals surface area contributed by atoms with E-state index in [1.165, 1.54) is 19.3 Å². The van der Waals surface area contributed by atoms with Gasteiger partial charge < -0.3 is 20.7 Å². The number of benzene rings is 2. The maximum absolute atomic E-state index is 12.2. The second kappa shape index (κ2) is 12.4. The molecule has 0 aliphatic carbocycles. The van der Waals surface area contributed by atoms with E-state index in [1.807, 2.05) is 31.2 Å². The van der Waals surface area contributed by atoms with Crippen LogP contribution in [0.15, 0.2) is 48.5 Å². The average Bonchev–Trinajstić information content (AvgIpc) is 2.73. The fourth-order valence-corrected chi connectivity index (χ4v) is 2.78. The molecule has 0 atom stereocenters. The molecular weight excluding hydrogens is 366 g/mol. The Kier molecular flexibility index (Phi) is 9.55. The molecule has 156 valence electrons. The number of amides is 2. The molecule has 6 heteroatoms. The smallest absolute Gasteiger partial charge is 0.251 e. The van der Waals surface area contributed by atoms with Gasteiger partial charge in [-0.1, -0.05) is 32.3 Å². The van der Waals surface area contributed by atoms with E-state index in [0.29, 0.717) is 17.8 Å². The van der Waals surface area contributed by atoms with E-state index in [-0.39, 0.29) is 18.4 Å². The standard InChI is InChI=1S/C23H31N3O3/c1-3-5-6-7-15-29-21-13-11-19(12-14-21)25-17-22(27)26-20-10-8-9-18(16-20)23(28)24-4-2/h8-14,16,25H,3-7,15,17H2,1-2H3,(H,24,28)(H,26,27). The Morgan fingerprint density at radius 3 is 2.45 bits per heavy atom. The van der Waals surface area contributed by atoms with Crippen molar-refractivity contribution in [2.45, 2.75) is 39.5 Å². The van der Waals surface area contributed by atoms with Gasteiger partial charge in [0.15, 0.2) is 0 Å². The maximum Gasteiger partial charge on any atom is 0.251 e. The number of nitrogens with one attached hydrogen (secondary N) is 3. The van der Waals surface area contributed by atoms with Gasteiger partial charge in [0.25, 0.3) is 5.91 Å². The fraction of sp³-hybridized carbons (Fsp3) is 0.391. The molecule has 2 aromatic carbocycles. The van der Waals surface area contributed by atoms with Crippen molar-refractivity contribution in [2.24, 2.45) is 0 Å². The zero-order valence-corrected chi connectivity index (χ0v) is 17.3. The molecule has 0 bridgehead atoms. The predicted octanol–water partition coefficient (Wildman–Crippen LogP) is 4.45. The first-order valence-electron chi connectivity index (χ1n) is 10.3. The van der Waals surface area contributed by atoms with Crippen LogP contribution in [-0.2, 0) is 4.79 Å². The molecule has 2 amide bonds. The van der Waals surface area contributed by atoms with Gasteiger partial charge >= 0.3 is 0 Å². The first-order valence-corrected chi connectivity index (χ1v) is 10.3. The molecule has 0 heterocycles. The third-order valence-electron chi connectivity index (χ3n) is 4.32. The van der Waals surface area contributed by atoms with E-state index in [9.17, 15) is 9.59 Å². The van der Waals surface area contributed by atoms with Gasteiger partial charge in [0.2, 0.25) is 5.91 Å². The number of unbranched alkanes of at least 4 members (excludes halogenated alkanes) is 3. The van der Waals surface area contributed by atoms with E-state index in [4.69, 9.17) is 4.74 Å². The number of rotatable bonds is 12. The summed E-state index contributed by atoms with van der Waals surface area (Å²) in [4.78, 5) is 24.1. The van der Waals surface area contributed by atoms with Crippen molar-refractivity contribution in [1.29, 1.82) is 0 Å². The molecule has 0 saturated heterocycles. The van der Waals surface area contributed by atoms with Crippen molar-refractivity contribution in [1.82, 2.24) is 5.32 Å². The van der Waals surface area contributed by atoms with Crippen LogP contribution >= 0.6 is 0 Å². The summed E-state index contributed by atoms with van der Waals surface area (Å²) >= 11 is 0. The zero-order valence-electron chi connectivity index (χ0n) is 17.3. The van der Waals surface area contributed by atoms with E-state index >= 15 is 0 Å². The summed E-state index contributed by atoms with van der Waals surface area (Å²) in [6, 6.07) is 14.5. The summed E-state index contributed by atoms with van der Waals surface area (Å²) in [6.45, 7) is 5.46. The summed E-state index contributed by atoms with van der Waals surface area (Å²) in [6.07, 6.45) is 4.71. The Morgan fingerprint density at radius 1 is 0.931 bits per heavy atom. The molecular formula is C23H31N3O3. The molecule has 0 saturated carbocycles. The van der Waals surface area contributed by atoms with Crippen LogP contribution in [0.5, 0.6) is 5.75 Å². The molecule has 0 aromatic heterocycles. The van der Waals surface area contributed by atoms with E-state index in [0.717, 1.165) is 24.5 Å². The summed E-state index contributed by atoms with van der Waals surface area (Å²) in [7, 11) is 0. The Labute approximate surface area is 173 Å². The lowest BCUT2D eigenvalue weighted by Crippen LogP contribution is -2.24. The third-order valence-corrected chi connectivity index (χ3v) is 4.32. The molecule has 0 unspecified atom stereocenters. The van der Waals surface area contributed by atoms with E-state index < -0.39 is 0 Å². The van der Waals surface area contributed by atoms with Crippen molar-refractivity contribution in [2.75, 3.05) is 30.3 Å². The van der Waals surface area contributed by atoms with Crippen LogP contribution < -0.4 is 20.7 Å². The molecule has 2 rings (SSSR count). The number of carbonyl (C=O) groups excluding carboxylic acids is 2. The lowest BCUT2D eigenvalue weighted by molar-refractivity contribution is -0.114. The summed E-state index contributed by atoms with van der Waals surface area (Å²) < 4.78 is 5.72. The van der Waals surface area contributed by atoms with Crippen LogP contribution in [-0.4, -0.2) is 31.5 Å². The Morgan fingerprint density at radius 2 is 1.72 bits per heavy atom. The Bertz CT molecular complexity index is 775. The van der Waals surface area contributed by atoms with Crippen LogP contribution in [0, 0.1) is 0 Å². The van der Waals surface area contributed by atoms with Crippen molar-refractivity contribution in [3.8, 4) is 5.75 Å². The zero-order chi connectivity index (χ0) is 20.9. The van der Waals surface area contributed by atoms with Gasteiger partial charge in [-0.25, -0.2) is 0 Å². The molecule has 2 aromatic rings. The molecule has 0 spiro atoms. The van der Waals surface area contributed by atoms with Gasteiger partial charge in [0, 0.05) is 23.5 Å². The normalized spacial score (nSPS) is 10.3. The van der Waals surface area contributed by atoms with Crippen molar-refractivity contribution < 1.29 is 14.3 Å². The molecule has 0 aliphatic heterocycles. The highest BCUT2D eigenvalue weighted by molar-refractivity contribution is 5.98. The summed E-state index contributed by atoms with van der Waals surface area (Å²) in [5.74, 6) is 0.488. The minimum atomic E-state index is -0.186. The summed E-state index contributed by atoms with van der Waals surface area (Å²) in [5, 5.41) is 8.63. The number of carbonyl (C=O) groups is 2. The van der Waals surface area contributed by atoms with Crippen LogP contribution in [0.4, 0.5) is 11.4 Å². The number of ether oxygens (including phenoxy) is 1. The van der Waals surface area contributed by atoms with Crippen LogP contribution in [0.1, 0.15) is 49.9 Å². The van der Waals surface area contributed by atoms with Crippen molar-refractivity contribution in [3.05, 3.63) is 54.1 Å². The first-order chi connectivity index (χ1) is 14.1. The Balaban J connectivity index is 1.76. The summed E-state index contributed by atoms with van der Waals surface area (Å²) in [5.41, 5.74) is 1.95. The maximum atomic E-state index is 12.2. The minimum absolute atomic E-state index is 0.128. The second-order valence-electron chi connectivity index (χ2n) is 6.78. The van der Waals surface area contributed by atoms with Gasteiger partial charge in [-0.2, -0.15) is 0 Å². The van der Waals surface area contributed by atoms with Crippen LogP contribution in [0.25, 0.3) is 0 Å². The molecule has 0 fully saturated rings. The molecule has 29 heavy (non-hydrogen) atoms. The van der Waals surface area contributed by atoms with Gasteiger partial charge in [-0.05, 0) is 55.8 Å². The molecule has 0 radical (unpaired) electrons. The number of hydrogen-bond acceptors (Lipinski definition) is 4. The van der Waals surface area contributed by atoms with Crippen molar-refractivity contribution in [3.63, 3.8) is 0 Å². The highest BCUT2D eigenvalue weighted by Crippen LogP contribution is 2.16. The van der Waals surface area contributed by atoms with Gasteiger partial charge in [-0.3, -0.25) is 9.59 Å². The topological polar surface area (TPSA) is 79.5 Å². The van der Waals surface area contributed by atoms with Crippen molar-refractivity contribution >= 4 is 23.2 Å². The molecule has 6 nitrogen and oxygen atoms in total. The SMILES string of the molecule is CCCCCCOc1ccc(NCC(=O)Nc2cccc(C(=O)NCC)c2)cc1. The molecule has 3 N–H and O–H groups in total. The van der Waals surface area contributed by atoms with Crippen LogP contribution in [0.3, 0.4) is 0 Å². The second-order valence-corrected chi connectivity index (χ2v) is 6.78. The highest BCUT2D eigenvalue weighted by atomic mass is 16.5. The largest absolute Gasteiger partial charge is 0.494 e. The average molecular weight is 398 g/mol. The fourth-order valence-electron chi connectivity index (χ4n) is 2.78. The third kappa shape index (κ3) is 8.25. The lowest BCUT2D eigenvalue weighted by Gasteiger charge is -2.10. The minimum Gasteiger partial charge on any atom is -0.494 e. The monoisotopic (exact) mass is 397 g/mol. The van der Waals surface area contributed by atoms with Gasteiger partial charge in [0.05, 0.1) is 13.2 Å². The van der Waals surface area contributed by atoms with E-state index in [2.05, 4.69) is 22.9 Å². The van der Waals surface area contributed by atoms with Gasteiger partial charge in [0.1, 0.15) is 5.75 Å². The van der Waals surface area contributed by atoms with Gasteiger partial charge in [-0.15, -0.1) is 0 Å². The highest BCUT2D eigenvalue weighted by Gasteiger charge is 2.07. The lowest BCUT2D eigenvalue weighted by atomic mass is 10.2. The van der Waals surface area contributed by atoms with Crippen LogP contribution in [0.2, 0.25) is 0 Å². The first kappa shape index (κ1) is 22.3. The van der Waals surface area contributed by atoms with E-state index in [1.54, 1.807) is 24.3 Å². The Hall–Kier alpha value is -3.02. The number of anilines is 2. The molecule has 0 aliphatic rings. The number of hydrogen-bond donors (Lipinski definition) is 3.